The van der Waals surface area contributed by atoms with E-state index in [-0.39, 0.29) is 18.1 Å². The summed E-state index contributed by atoms with van der Waals surface area (Å²) in [5, 5.41) is 0. The number of nitrogens with zero attached hydrogens (tertiary/aromatic N) is 1. The van der Waals surface area contributed by atoms with Crippen LogP contribution in [-0.4, -0.2) is 18.7 Å². The second-order valence-corrected chi connectivity index (χ2v) is 5.04. The van der Waals surface area contributed by atoms with E-state index in [0.717, 1.165) is 11.3 Å². The molecule has 0 bridgehead atoms. The van der Waals surface area contributed by atoms with Gasteiger partial charge in [-0.25, -0.2) is 4.79 Å². The third kappa shape index (κ3) is 2.50. The van der Waals surface area contributed by atoms with Crippen LogP contribution in [0.4, 0.5) is 10.5 Å². The minimum absolute atomic E-state index is 0.0812. The summed E-state index contributed by atoms with van der Waals surface area (Å²) < 4.78 is 5.21. The second kappa shape index (κ2) is 5.47. The van der Waals surface area contributed by atoms with Crippen molar-refractivity contribution in [1.29, 1.82) is 0 Å². The van der Waals surface area contributed by atoms with E-state index in [2.05, 4.69) is 32.9 Å². The smallest absolute Gasteiger partial charge is 0.414 e. The highest BCUT2D eigenvalue weighted by Crippen LogP contribution is 2.35. The van der Waals surface area contributed by atoms with Crippen LogP contribution >= 0.6 is 0 Å². The average molecular weight is 259 g/mol. The van der Waals surface area contributed by atoms with Gasteiger partial charge >= 0.3 is 6.09 Å². The molecule has 0 fully saturated rings. The first-order chi connectivity index (χ1) is 9.06. The van der Waals surface area contributed by atoms with Gasteiger partial charge in [0.2, 0.25) is 0 Å². The SMILES string of the molecule is CCOC(=O)N1c2ccccc2C(C)=C[C@@H](C)[C@@H]1C. The van der Waals surface area contributed by atoms with Crippen molar-refractivity contribution in [3.05, 3.63) is 35.9 Å². The number of allylic oxidation sites excluding steroid dienone is 1. The van der Waals surface area contributed by atoms with Crippen LogP contribution < -0.4 is 4.90 Å². The number of anilines is 1. The number of fused-ring (bicyclic) bond motifs is 1. The first kappa shape index (κ1) is 13.7. The molecule has 0 radical (unpaired) electrons. The second-order valence-electron chi connectivity index (χ2n) is 5.04. The lowest BCUT2D eigenvalue weighted by Gasteiger charge is -2.30. The van der Waals surface area contributed by atoms with E-state index in [4.69, 9.17) is 4.74 Å². The number of rotatable bonds is 1. The van der Waals surface area contributed by atoms with Gasteiger partial charge in [-0.1, -0.05) is 31.2 Å². The zero-order valence-electron chi connectivity index (χ0n) is 12.0. The van der Waals surface area contributed by atoms with E-state index < -0.39 is 0 Å². The van der Waals surface area contributed by atoms with Crippen molar-refractivity contribution in [3.63, 3.8) is 0 Å². The summed E-state index contributed by atoms with van der Waals surface area (Å²) in [5.74, 6) is 0.289. The molecule has 1 aromatic rings. The molecule has 0 aliphatic carbocycles. The monoisotopic (exact) mass is 259 g/mol. The summed E-state index contributed by atoms with van der Waals surface area (Å²) in [6, 6.07) is 8.08. The first-order valence-electron chi connectivity index (χ1n) is 6.80. The maximum absolute atomic E-state index is 12.3. The summed E-state index contributed by atoms with van der Waals surface area (Å²) in [6.45, 7) is 8.51. The van der Waals surface area contributed by atoms with Gasteiger partial charge in [0, 0.05) is 11.6 Å². The Bertz CT molecular complexity index is 507. The molecule has 0 spiro atoms. The Kier molecular flexibility index (Phi) is 3.93. The molecule has 0 aromatic heterocycles. The van der Waals surface area contributed by atoms with Crippen molar-refractivity contribution in [1.82, 2.24) is 0 Å². The predicted octanol–water partition coefficient (Wildman–Crippen LogP) is 4.09. The van der Waals surface area contributed by atoms with E-state index in [1.807, 2.05) is 25.1 Å². The molecule has 3 nitrogen and oxygen atoms in total. The zero-order chi connectivity index (χ0) is 14.0. The minimum atomic E-state index is -0.266. The van der Waals surface area contributed by atoms with E-state index in [9.17, 15) is 4.79 Å². The van der Waals surface area contributed by atoms with Crippen molar-refractivity contribution in [3.8, 4) is 0 Å². The van der Waals surface area contributed by atoms with Crippen molar-refractivity contribution in [2.45, 2.75) is 33.7 Å². The van der Waals surface area contributed by atoms with Gasteiger partial charge in [0.1, 0.15) is 0 Å². The van der Waals surface area contributed by atoms with Gasteiger partial charge in [-0.3, -0.25) is 4.90 Å². The quantitative estimate of drug-likeness (QED) is 0.760. The number of ether oxygens (including phenoxy) is 1. The minimum Gasteiger partial charge on any atom is -0.449 e. The van der Waals surface area contributed by atoms with E-state index in [0.29, 0.717) is 6.61 Å². The number of hydrogen-bond acceptors (Lipinski definition) is 2. The molecule has 19 heavy (non-hydrogen) atoms. The van der Waals surface area contributed by atoms with Gasteiger partial charge in [0.05, 0.1) is 12.3 Å². The molecule has 0 saturated heterocycles. The molecule has 0 N–H and O–H groups in total. The highest BCUT2D eigenvalue weighted by atomic mass is 16.6. The molecule has 1 heterocycles. The highest BCUT2D eigenvalue weighted by Gasteiger charge is 2.30. The van der Waals surface area contributed by atoms with Gasteiger partial charge in [-0.2, -0.15) is 0 Å². The van der Waals surface area contributed by atoms with E-state index >= 15 is 0 Å². The zero-order valence-corrected chi connectivity index (χ0v) is 12.0. The number of carbonyl (C=O) groups excluding carboxylic acids is 1. The van der Waals surface area contributed by atoms with Gasteiger partial charge in [-0.15, -0.1) is 0 Å². The fourth-order valence-corrected chi connectivity index (χ4v) is 2.55. The normalized spacial score (nSPS) is 22.3. The molecule has 0 unspecified atom stereocenters. The summed E-state index contributed by atoms with van der Waals surface area (Å²) in [5.41, 5.74) is 3.25. The Morgan fingerprint density at radius 3 is 2.68 bits per heavy atom. The maximum atomic E-state index is 12.3. The van der Waals surface area contributed by atoms with Crippen molar-refractivity contribution < 1.29 is 9.53 Å². The lowest BCUT2D eigenvalue weighted by atomic mass is 10.00. The Morgan fingerprint density at radius 1 is 1.32 bits per heavy atom. The highest BCUT2D eigenvalue weighted by molar-refractivity contribution is 5.93. The van der Waals surface area contributed by atoms with E-state index in [1.54, 1.807) is 4.90 Å². The largest absolute Gasteiger partial charge is 0.449 e. The lowest BCUT2D eigenvalue weighted by Crippen LogP contribution is -2.42. The number of carbonyl (C=O) groups is 1. The number of hydrogen-bond donors (Lipinski definition) is 0. The molecule has 1 aliphatic heterocycles. The molecule has 1 aliphatic rings. The Hall–Kier alpha value is -1.77. The summed E-state index contributed by atoms with van der Waals surface area (Å²) in [4.78, 5) is 14.0. The standard InChI is InChI=1S/C16H21NO2/c1-5-19-16(18)17-13(4)11(2)10-12(3)14-8-6-7-9-15(14)17/h6-11,13H,5H2,1-4H3/t11-,13+/m1/s1. The number of amides is 1. The molecule has 2 atom stereocenters. The number of benzene rings is 1. The summed E-state index contributed by atoms with van der Waals surface area (Å²) in [6.07, 6.45) is 1.96. The summed E-state index contributed by atoms with van der Waals surface area (Å²) in [7, 11) is 0. The van der Waals surface area contributed by atoms with Crippen LogP contribution in [0.15, 0.2) is 30.3 Å². The van der Waals surface area contributed by atoms with Crippen LogP contribution in [0, 0.1) is 5.92 Å². The summed E-state index contributed by atoms with van der Waals surface area (Å²) >= 11 is 0. The van der Waals surface area contributed by atoms with Crippen LogP contribution in [-0.2, 0) is 4.74 Å². The first-order valence-corrected chi connectivity index (χ1v) is 6.80. The van der Waals surface area contributed by atoms with Crippen LogP contribution in [0.5, 0.6) is 0 Å². The molecular weight excluding hydrogens is 238 g/mol. The third-order valence-electron chi connectivity index (χ3n) is 3.73. The van der Waals surface area contributed by atoms with Gasteiger partial charge in [0.25, 0.3) is 0 Å². The average Bonchev–Trinajstić information content (AvgIpc) is 2.47. The molecule has 1 aromatic carbocycles. The lowest BCUT2D eigenvalue weighted by molar-refractivity contribution is 0.156. The molecular formula is C16H21NO2. The van der Waals surface area contributed by atoms with Crippen LogP contribution in [0.2, 0.25) is 0 Å². The topological polar surface area (TPSA) is 29.5 Å². The molecule has 2 rings (SSSR count). The molecule has 1 amide bonds. The molecule has 3 heteroatoms. The maximum Gasteiger partial charge on any atom is 0.414 e. The fraction of sp³-hybridized carbons (Fsp3) is 0.438. The Balaban J connectivity index is 2.53. The Morgan fingerprint density at radius 2 is 2.00 bits per heavy atom. The molecule has 102 valence electrons. The van der Waals surface area contributed by atoms with Crippen molar-refractivity contribution in [2.75, 3.05) is 11.5 Å². The van der Waals surface area contributed by atoms with Gasteiger partial charge in [0.15, 0.2) is 0 Å². The van der Waals surface area contributed by atoms with Crippen LogP contribution in [0.25, 0.3) is 5.57 Å². The van der Waals surface area contributed by atoms with Crippen molar-refractivity contribution in [2.24, 2.45) is 5.92 Å². The van der Waals surface area contributed by atoms with Crippen molar-refractivity contribution >= 4 is 17.4 Å². The number of para-hydroxylation sites is 1. The third-order valence-corrected chi connectivity index (χ3v) is 3.73. The van der Waals surface area contributed by atoms with Gasteiger partial charge in [-0.05, 0) is 38.3 Å². The predicted molar refractivity (Wildman–Crippen MR) is 78.2 cm³/mol. The van der Waals surface area contributed by atoms with Crippen LogP contribution in [0.1, 0.15) is 33.3 Å². The van der Waals surface area contributed by atoms with Crippen LogP contribution in [0.3, 0.4) is 0 Å². The molecule has 0 saturated carbocycles. The fourth-order valence-electron chi connectivity index (χ4n) is 2.55. The van der Waals surface area contributed by atoms with E-state index in [1.165, 1.54) is 5.57 Å². The van der Waals surface area contributed by atoms with Gasteiger partial charge < -0.3 is 4.74 Å². The Labute approximate surface area is 114 Å².